The Balaban J connectivity index is 1.96. The lowest BCUT2D eigenvalue weighted by atomic mass is 10.1. The van der Waals surface area contributed by atoms with Crippen LogP contribution in [0.15, 0.2) is 45.0 Å². The third-order valence-corrected chi connectivity index (χ3v) is 4.37. The lowest BCUT2D eigenvalue weighted by Gasteiger charge is -2.10. The van der Waals surface area contributed by atoms with Crippen LogP contribution in [0.5, 0.6) is 5.75 Å². The molecule has 1 amide bonds. The highest BCUT2D eigenvalue weighted by atomic mass is 16.5. The number of ether oxygens (including phenoxy) is 1. The fourth-order valence-electron chi connectivity index (χ4n) is 2.81. The molecular weight excluding hydrogens is 362 g/mol. The molecule has 3 rings (SSSR count). The number of fused-ring (bicyclic) bond motifs is 1. The predicted octanol–water partition coefficient (Wildman–Crippen LogP) is 0.713. The Bertz CT molecular complexity index is 1220. The summed E-state index contributed by atoms with van der Waals surface area (Å²) in [5, 5.41) is 4.12. The van der Waals surface area contributed by atoms with Crippen LogP contribution in [0.4, 0.5) is 0 Å². The van der Waals surface area contributed by atoms with Crippen molar-refractivity contribution in [3.8, 4) is 5.75 Å². The number of amides is 1. The first-order valence-corrected chi connectivity index (χ1v) is 8.39. The average Bonchev–Trinajstić information content (AvgIpc) is 2.70. The van der Waals surface area contributed by atoms with Gasteiger partial charge in [0.05, 0.1) is 30.0 Å². The average molecular weight is 381 g/mol. The van der Waals surface area contributed by atoms with Gasteiger partial charge in [0.15, 0.2) is 0 Å². The summed E-state index contributed by atoms with van der Waals surface area (Å²) in [4.78, 5) is 41.2. The van der Waals surface area contributed by atoms with E-state index >= 15 is 0 Å². The van der Waals surface area contributed by atoms with E-state index in [4.69, 9.17) is 4.74 Å². The Hall–Kier alpha value is -3.75. The molecule has 28 heavy (non-hydrogen) atoms. The Morgan fingerprint density at radius 2 is 1.93 bits per heavy atom. The predicted molar refractivity (Wildman–Crippen MR) is 105 cm³/mol. The van der Waals surface area contributed by atoms with Gasteiger partial charge in [0, 0.05) is 19.7 Å². The van der Waals surface area contributed by atoms with E-state index < -0.39 is 17.2 Å². The molecule has 0 fully saturated rings. The molecule has 2 heterocycles. The van der Waals surface area contributed by atoms with E-state index in [1.807, 2.05) is 12.1 Å². The van der Waals surface area contributed by atoms with Crippen molar-refractivity contribution in [1.82, 2.24) is 19.5 Å². The van der Waals surface area contributed by atoms with Crippen molar-refractivity contribution in [3.63, 3.8) is 0 Å². The normalized spacial score (nSPS) is 11.1. The Labute approximate surface area is 159 Å². The Kier molecular flexibility index (Phi) is 5.08. The van der Waals surface area contributed by atoms with Gasteiger partial charge in [0.25, 0.3) is 11.5 Å². The SMILES string of the molecule is COc1ccccc1/C=N/NC(=O)c1cc2c(=O)n(C)c(=O)n(C)c2nc1C. The van der Waals surface area contributed by atoms with Crippen molar-refractivity contribution in [2.24, 2.45) is 19.2 Å². The number of hydrazone groups is 1. The maximum Gasteiger partial charge on any atom is 0.332 e. The number of aryl methyl sites for hydroxylation is 2. The van der Waals surface area contributed by atoms with Gasteiger partial charge >= 0.3 is 5.69 Å². The number of aromatic nitrogens is 3. The van der Waals surface area contributed by atoms with Crippen molar-refractivity contribution in [2.75, 3.05) is 7.11 Å². The molecule has 1 N–H and O–H groups in total. The van der Waals surface area contributed by atoms with Gasteiger partial charge in [-0.15, -0.1) is 0 Å². The van der Waals surface area contributed by atoms with Crippen LogP contribution in [0.3, 0.4) is 0 Å². The van der Waals surface area contributed by atoms with Crippen LogP contribution in [0.1, 0.15) is 21.6 Å². The molecule has 0 unspecified atom stereocenters. The second-order valence-corrected chi connectivity index (χ2v) is 6.14. The lowest BCUT2D eigenvalue weighted by Crippen LogP contribution is -2.37. The van der Waals surface area contributed by atoms with Crippen LogP contribution >= 0.6 is 0 Å². The van der Waals surface area contributed by atoms with Gasteiger partial charge in [-0.05, 0) is 25.1 Å². The molecular formula is C19H19N5O4. The molecule has 9 nitrogen and oxygen atoms in total. The second kappa shape index (κ2) is 7.47. The number of hydrogen-bond donors (Lipinski definition) is 1. The maximum atomic E-state index is 12.5. The maximum absolute atomic E-state index is 12.5. The van der Waals surface area contributed by atoms with Crippen LogP contribution in [0.25, 0.3) is 11.0 Å². The van der Waals surface area contributed by atoms with Crippen LogP contribution in [0.2, 0.25) is 0 Å². The molecule has 0 aliphatic heterocycles. The van der Waals surface area contributed by atoms with Crippen molar-refractivity contribution in [3.05, 3.63) is 68.0 Å². The minimum atomic E-state index is -0.519. The molecule has 0 atom stereocenters. The van der Waals surface area contributed by atoms with E-state index in [1.54, 1.807) is 26.2 Å². The number of rotatable bonds is 4. The van der Waals surface area contributed by atoms with E-state index in [1.165, 1.54) is 30.9 Å². The minimum Gasteiger partial charge on any atom is -0.496 e. The summed E-state index contributed by atoms with van der Waals surface area (Å²) >= 11 is 0. The molecule has 2 aromatic heterocycles. The van der Waals surface area contributed by atoms with Crippen LogP contribution in [-0.4, -0.2) is 33.3 Å². The quantitative estimate of drug-likeness (QED) is 0.529. The number of nitrogens with one attached hydrogen (secondary N) is 1. The second-order valence-electron chi connectivity index (χ2n) is 6.14. The Morgan fingerprint density at radius 3 is 2.64 bits per heavy atom. The lowest BCUT2D eigenvalue weighted by molar-refractivity contribution is 0.0954. The van der Waals surface area contributed by atoms with Crippen LogP contribution < -0.4 is 21.4 Å². The zero-order chi connectivity index (χ0) is 20.4. The van der Waals surface area contributed by atoms with E-state index in [2.05, 4.69) is 15.5 Å². The van der Waals surface area contributed by atoms with Crippen LogP contribution in [0, 0.1) is 6.92 Å². The molecule has 0 bridgehead atoms. The van der Waals surface area contributed by atoms with Crippen molar-refractivity contribution in [1.29, 1.82) is 0 Å². The van der Waals surface area contributed by atoms with Gasteiger partial charge in [-0.25, -0.2) is 15.2 Å². The molecule has 0 radical (unpaired) electrons. The summed E-state index contributed by atoms with van der Waals surface area (Å²) in [5.41, 5.74) is 2.91. The molecule has 0 aliphatic carbocycles. The van der Waals surface area contributed by atoms with Crippen LogP contribution in [-0.2, 0) is 14.1 Å². The van der Waals surface area contributed by atoms with Crippen molar-refractivity contribution < 1.29 is 9.53 Å². The minimum absolute atomic E-state index is 0.175. The van der Waals surface area contributed by atoms with Gasteiger partial charge in [-0.1, -0.05) is 12.1 Å². The molecule has 0 spiro atoms. The monoisotopic (exact) mass is 381 g/mol. The van der Waals surface area contributed by atoms with Gasteiger partial charge in [-0.2, -0.15) is 5.10 Å². The Morgan fingerprint density at radius 1 is 1.21 bits per heavy atom. The van der Waals surface area contributed by atoms with Gasteiger partial charge < -0.3 is 4.74 Å². The summed E-state index contributed by atoms with van der Waals surface area (Å²) in [7, 11) is 4.44. The first-order valence-electron chi connectivity index (χ1n) is 8.39. The number of para-hydroxylation sites is 1. The summed E-state index contributed by atoms with van der Waals surface area (Å²) in [6.45, 7) is 1.63. The third-order valence-electron chi connectivity index (χ3n) is 4.37. The molecule has 0 saturated carbocycles. The number of benzene rings is 1. The molecule has 0 aliphatic rings. The number of hydrogen-bond acceptors (Lipinski definition) is 6. The summed E-state index contributed by atoms with van der Waals surface area (Å²) in [6.07, 6.45) is 1.46. The number of methoxy groups -OCH3 is 1. The molecule has 3 aromatic rings. The molecule has 9 heteroatoms. The van der Waals surface area contributed by atoms with E-state index in [-0.39, 0.29) is 16.6 Å². The highest BCUT2D eigenvalue weighted by molar-refractivity contribution is 5.98. The number of nitrogens with zero attached hydrogens (tertiary/aromatic N) is 4. The highest BCUT2D eigenvalue weighted by Crippen LogP contribution is 2.15. The zero-order valence-electron chi connectivity index (χ0n) is 15.9. The van der Waals surface area contributed by atoms with E-state index in [0.717, 1.165) is 4.57 Å². The summed E-state index contributed by atoms with van der Waals surface area (Å²) < 4.78 is 7.46. The molecule has 0 saturated heterocycles. The van der Waals surface area contributed by atoms with Crippen molar-refractivity contribution in [2.45, 2.75) is 6.92 Å². The molecule has 1 aromatic carbocycles. The first-order chi connectivity index (χ1) is 13.3. The smallest absolute Gasteiger partial charge is 0.332 e. The first kappa shape index (κ1) is 19.0. The van der Waals surface area contributed by atoms with Gasteiger partial charge in [-0.3, -0.25) is 18.7 Å². The van der Waals surface area contributed by atoms with E-state index in [9.17, 15) is 14.4 Å². The zero-order valence-corrected chi connectivity index (χ0v) is 15.9. The summed E-state index contributed by atoms with van der Waals surface area (Å²) in [6, 6.07) is 8.64. The fourth-order valence-corrected chi connectivity index (χ4v) is 2.81. The fraction of sp³-hybridized carbons (Fsp3) is 0.211. The number of pyridine rings is 1. The van der Waals surface area contributed by atoms with Gasteiger partial charge in [0.2, 0.25) is 0 Å². The van der Waals surface area contributed by atoms with Gasteiger partial charge in [0.1, 0.15) is 11.4 Å². The largest absolute Gasteiger partial charge is 0.496 e. The van der Waals surface area contributed by atoms with Crippen molar-refractivity contribution >= 4 is 23.2 Å². The standard InChI is InChI=1S/C19H19N5O4/c1-11-13(9-14-16(21-11)23(2)19(27)24(3)18(14)26)17(25)22-20-10-12-7-5-6-8-15(12)28-4/h5-10H,1-4H3,(H,22,25)/b20-10+. The number of carbonyl (C=O) groups is 1. The van der Waals surface area contributed by atoms with E-state index in [0.29, 0.717) is 17.0 Å². The highest BCUT2D eigenvalue weighted by Gasteiger charge is 2.16. The molecule has 144 valence electrons. The number of carbonyl (C=O) groups excluding carboxylic acids is 1. The third kappa shape index (κ3) is 3.29. The summed E-state index contributed by atoms with van der Waals surface area (Å²) in [5.74, 6) is 0.0995. The topological polar surface area (TPSA) is 108 Å².